The summed E-state index contributed by atoms with van der Waals surface area (Å²) in [6.07, 6.45) is -4.39. The first-order valence-electron chi connectivity index (χ1n) is 7.50. The largest absolute Gasteiger partial charge is 0.416 e. The van der Waals surface area contributed by atoms with Crippen LogP contribution in [-0.2, 0) is 17.5 Å². The fourth-order valence-electron chi connectivity index (χ4n) is 2.23. The second-order valence-corrected chi connectivity index (χ2v) is 5.25. The number of benzene rings is 1. The van der Waals surface area contributed by atoms with E-state index in [0.29, 0.717) is 11.5 Å². The highest BCUT2D eigenvalue weighted by atomic mass is 127. The molecule has 7 nitrogen and oxygen atoms in total. The molecule has 0 radical (unpaired) electrons. The van der Waals surface area contributed by atoms with Crippen LogP contribution in [0.25, 0.3) is 0 Å². The Morgan fingerprint density at radius 3 is 2.62 bits per heavy atom. The zero-order valence-corrected chi connectivity index (χ0v) is 16.2. The number of halogens is 4. The number of rotatable bonds is 5. The first kappa shape index (κ1) is 22.0. The van der Waals surface area contributed by atoms with E-state index in [2.05, 4.69) is 20.9 Å². The SMILES string of the molecule is CN=C(NCCN1C(=O)CNC1=O)NCc1cccc(C(F)(F)F)c1.I. The lowest BCUT2D eigenvalue weighted by atomic mass is 10.1. The van der Waals surface area contributed by atoms with Gasteiger partial charge in [-0.25, -0.2) is 4.79 Å². The fraction of sp³-hybridized carbons (Fsp3) is 0.400. The van der Waals surface area contributed by atoms with E-state index in [-0.39, 0.29) is 56.1 Å². The van der Waals surface area contributed by atoms with Gasteiger partial charge in [-0.05, 0) is 17.7 Å². The van der Waals surface area contributed by atoms with Gasteiger partial charge in [0, 0.05) is 26.7 Å². The minimum Gasteiger partial charge on any atom is -0.355 e. The van der Waals surface area contributed by atoms with Crippen LogP contribution in [0, 0.1) is 0 Å². The molecule has 144 valence electrons. The first-order valence-corrected chi connectivity index (χ1v) is 7.50. The van der Waals surface area contributed by atoms with Crippen molar-refractivity contribution < 1.29 is 22.8 Å². The molecule has 1 fully saturated rings. The molecule has 2 rings (SSSR count). The number of hydrogen-bond donors (Lipinski definition) is 3. The van der Waals surface area contributed by atoms with Crippen LogP contribution in [0.4, 0.5) is 18.0 Å². The predicted molar refractivity (Wildman–Crippen MR) is 100 cm³/mol. The van der Waals surface area contributed by atoms with Gasteiger partial charge in [0.05, 0.1) is 12.1 Å². The first-order chi connectivity index (χ1) is 11.8. The molecule has 1 aliphatic rings. The summed E-state index contributed by atoms with van der Waals surface area (Å²) in [4.78, 5) is 27.8. The van der Waals surface area contributed by atoms with E-state index in [1.807, 2.05) is 0 Å². The van der Waals surface area contributed by atoms with Crippen LogP contribution < -0.4 is 16.0 Å². The molecule has 0 bridgehead atoms. The zero-order chi connectivity index (χ0) is 18.4. The fourth-order valence-corrected chi connectivity index (χ4v) is 2.23. The van der Waals surface area contributed by atoms with Crippen LogP contribution in [0.15, 0.2) is 29.3 Å². The van der Waals surface area contributed by atoms with E-state index in [0.717, 1.165) is 17.0 Å². The number of nitrogens with zero attached hydrogens (tertiary/aromatic N) is 2. The smallest absolute Gasteiger partial charge is 0.355 e. The molecule has 1 aliphatic heterocycles. The Morgan fingerprint density at radius 2 is 2.04 bits per heavy atom. The molecule has 1 heterocycles. The van der Waals surface area contributed by atoms with Gasteiger partial charge in [0.2, 0.25) is 5.91 Å². The predicted octanol–water partition coefficient (Wildman–Crippen LogP) is 1.54. The van der Waals surface area contributed by atoms with Gasteiger partial charge in [-0.2, -0.15) is 13.2 Å². The maximum absolute atomic E-state index is 12.7. The number of amides is 3. The molecule has 0 aliphatic carbocycles. The number of urea groups is 1. The Morgan fingerprint density at radius 1 is 1.31 bits per heavy atom. The third-order valence-electron chi connectivity index (χ3n) is 3.50. The van der Waals surface area contributed by atoms with Crippen LogP contribution in [0.2, 0.25) is 0 Å². The van der Waals surface area contributed by atoms with Crippen molar-refractivity contribution in [2.75, 3.05) is 26.7 Å². The van der Waals surface area contributed by atoms with Gasteiger partial charge in [-0.15, -0.1) is 24.0 Å². The summed E-state index contributed by atoms with van der Waals surface area (Å²) in [6.45, 7) is 0.560. The number of carbonyl (C=O) groups is 2. The van der Waals surface area contributed by atoms with Crippen molar-refractivity contribution in [1.29, 1.82) is 0 Å². The number of alkyl halides is 3. The Kier molecular flexibility index (Phi) is 8.11. The Bertz CT molecular complexity index is 665. The molecule has 1 aromatic rings. The molecular formula is C15H19F3IN5O2. The monoisotopic (exact) mass is 485 g/mol. The number of guanidine groups is 1. The van der Waals surface area contributed by atoms with Crippen molar-refractivity contribution in [3.63, 3.8) is 0 Å². The van der Waals surface area contributed by atoms with Gasteiger partial charge >= 0.3 is 12.2 Å². The van der Waals surface area contributed by atoms with Gasteiger partial charge in [0.1, 0.15) is 0 Å². The average Bonchev–Trinajstić information content (AvgIpc) is 2.89. The lowest BCUT2D eigenvalue weighted by Gasteiger charge is -2.16. The number of hydrogen-bond acceptors (Lipinski definition) is 3. The van der Waals surface area contributed by atoms with Crippen molar-refractivity contribution in [3.05, 3.63) is 35.4 Å². The zero-order valence-electron chi connectivity index (χ0n) is 13.9. The highest BCUT2D eigenvalue weighted by Gasteiger charge is 2.30. The molecule has 3 amide bonds. The van der Waals surface area contributed by atoms with Gasteiger partial charge in [0.25, 0.3) is 0 Å². The van der Waals surface area contributed by atoms with E-state index < -0.39 is 17.8 Å². The molecule has 0 aromatic heterocycles. The summed E-state index contributed by atoms with van der Waals surface area (Å²) in [7, 11) is 1.51. The summed E-state index contributed by atoms with van der Waals surface area (Å²) in [5.74, 6) is 0.0446. The third kappa shape index (κ3) is 6.04. The number of imide groups is 1. The van der Waals surface area contributed by atoms with E-state index in [4.69, 9.17) is 0 Å². The van der Waals surface area contributed by atoms with Crippen LogP contribution in [-0.4, -0.2) is 49.5 Å². The summed E-state index contributed by atoms with van der Waals surface area (Å²) in [5, 5.41) is 8.18. The van der Waals surface area contributed by atoms with Crippen LogP contribution >= 0.6 is 24.0 Å². The summed E-state index contributed by atoms with van der Waals surface area (Å²) < 4.78 is 38.1. The van der Waals surface area contributed by atoms with Gasteiger partial charge in [-0.1, -0.05) is 12.1 Å². The maximum Gasteiger partial charge on any atom is 0.416 e. The lowest BCUT2D eigenvalue weighted by molar-refractivity contribution is -0.137. The number of aliphatic imine (C=N–C) groups is 1. The van der Waals surface area contributed by atoms with Crippen molar-refractivity contribution in [1.82, 2.24) is 20.9 Å². The minimum atomic E-state index is -4.39. The topological polar surface area (TPSA) is 85.8 Å². The normalized spacial score (nSPS) is 14.8. The minimum absolute atomic E-state index is 0. The van der Waals surface area contributed by atoms with Crippen molar-refractivity contribution >= 4 is 41.9 Å². The molecule has 0 atom stereocenters. The highest BCUT2D eigenvalue weighted by molar-refractivity contribution is 14.0. The second-order valence-electron chi connectivity index (χ2n) is 5.25. The van der Waals surface area contributed by atoms with Crippen molar-refractivity contribution in [2.45, 2.75) is 12.7 Å². The summed E-state index contributed by atoms with van der Waals surface area (Å²) >= 11 is 0. The quantitative estimate of drug-likeness (QED) is 0.256. The van der Waals surface area contributed by atoms with Crippen LogP contribution in [0.1, 0.15) is 11.1 Å². The average molecular weight is 485 g/mol. The molecule has 0 saturated carbocycles. The maximum atomic E-state index is 12.7. The van der Waals surface area contributed by atoms with Crippen molar-refractivity contribution in [2.24, 2.45) is 4.99 Å². The third-order valence-corrected chi connectivity index (χ3v) is 3.50. The van der Waals surface area contributed by atoms with E-state index in [1.165, 1.54) is 13.1 Å². The molecule has 0 unspecified atom stereocenters. The molecule has 1 aromatic carbocycles. The van der Waals surface area contributed by atoms with Gasteiger partial charge in [-0.3, -0.25) is 14.7 Å². The molecular weight excluding hydrogens is 466 g/mol. The van der Waals surface area contributed by atoms with Gasteiger partial charge < -0.3 is 16.0 Å². The van der Waals surface area contributed by atoms with Crippen LogP contribution in [0.3, 0.4) is 0 Å². The molecule has 11 heteroatoms. The number of nitrogens with one attached hydrogen (secondary N) is 3. The molecule has 1 saturated heterocycles. The second kappa shape index (κ2) is 9.59. The van der Waals surface area contributed by atoms with E-state index in [9.17, 15) is 22.8 Å². The summed E-state index contributed by atoms with van der Waals surface area (Å²) in [5.41, 5.74) is -0.264. The van der Waals surface area contributed by atoms with Crippen LogP contribution in [0.5, 0.6) is 0 Å². The lowest BCUT2D eigenvalue weighted by Crippen LogP contribution is -2.43. The van der Waals surface area contributed by atoms with E-state index >= 15 is 0 Å². The number of carbonyl (C=O) groups excluding carboxylic acids is 2. The Hall–Kier alpha value is -2.05. The van der Waals surface area contributed by atoms with Gasteiger partial charge in [0.15, 0.2) is 5.96 Å². The Balaban J connectivity index is 0.00000338. The molecule has 3 N–H and O–H groups in total. The van der Waals surface area contributed by atoms with E-state index in [1.54, 1.807) is 6.07 Å². The molecule has 0 spiro atoms. The highest BCUT2D eigenvalue weighted by Crippen LogP contribution is 2.29. The Labute approximate surface area is 165 Å². The summed E-state index contributed by atoms with van der Waals surface area (Å²) in [6, 6.07) is 4.54. The van der Waals surface area contributed by atoms with Crippen molar-refractivity contribution in [3.8, 4) is 0 Å². The molecule has 26 heavy (non-hydrogen) atoms. The standard InChI is InChI=1S/C15H18F3N5O2.HI/c1-19-13(20-5-6-23-12(24)9-22-14(23)25)21-8-10-3-2-4-11(7-10)15(16,17)18;/h2-4,7H,5-6,8-9H2,1H3,(H,22,25)(H2,19,20,21);1H.